The van der Waals surface area contributed by atoms with Gasteiger partial charge in [-0.1, -0.05) is 0 Å². The third-order valence-corrected chi connectivity index (χ3v) is 0.902. The molecule has 0 aliphatic heterocycles. The SMILES string of the molecule is CCOCCOCC(=O)O.OCCO. The van der Waals surface area contributed by atoms with E-state index in [2.05, 4.69) is 4.74 Å². The van der Waals surface area contributed by atoms with E-state index in [0.29, 0.717) is 19.8 Å². The van der Waals surface area contributed by atoms with Crippen molar-refractivity contribution in [1.29, 1.82) is 0 Å². The van der Waals surface area contributed by atoms with Crippen LogP contribution < -0.4 is 0 Å². The highest BCUT2D eigenvalue weighted by Crippen LogP contribution is 1.77. The topological polar surface area (TPSA) is 96.2 Å². The molecule has 0 aromatic rings. The van der Waals surface area contributed by atoms with Crippen LogP contribution in [-0.2, 0) is 14.3 Å². The fourth-order valence-corrected chi connectivity index (χ4v) is 0.422. The number of aliphatic hydroxyl groups excluding tert-OH is 2. The molecule has 0 amide bonds. The van der Waals surface area contributed by atoms with Crippen LogP contribution >= 0.6 is 0 Å². The van der Waals surface area contributed by atoms with Gasteiger partial charge >= 0.3 is 5.97 Å². The Morgan fingerprint density at radius 1 is 1.14 bits per heavy atom. The molecule has 0 unspecified atom stereocenters. The predicted molar refractivity (Wildman–Crippen MR) is 49.1 cm³/mol. The summed E-state index contributed by atoms with van der Waals surface area (Å²) in [5.41, 5.74) is 0. The summed E-state index contributed by atoms with van der Waals surface area (Å²) in [6.45, 7) is 2.82. The number of rotatable bonds is 7. The molecule has 0 saturated carbocycles. The quantitative estimate of drug-likeness (QED) is 0.471. The second kappa shape index (κ2) is 14.8. The van der Waals surface area contributed by atoms with E-state index < -0.39 is 5.97 Å². The molecule has 0 rings (SSSR count). The van der Waals surface area contributed by atoms with Crippen molar-refractivity contribution in [3.8, 4) is 0 Å². The second-order valence-corrected chi connectivity index (χ2v) is 2.09. The number of aliphatic carboxylic acids is 1. The zero-order chi connectivity index (χ0) is 11.2. The van der Waals surface area contributed by atoms with Gasteiger partial charge in [-0.3, -0.25) is 0 Å². The summed E-state index contributed by atoms with van der Waals surface area (Å²) >= 11 is 0. The predicted octanol–water partition coefficient (Wildman–Crippen LogP) is -0.905. The second-order valence-electron chi connectivity index (χ2n) is 2.09. The standard InChI is InChI=1S/C6H12O4.C2H6O2/c1-2-9-3-4-10-5-6(7)8;3-1-2-4/h2-5H2,1H3,(H,7,8);3-4H,1-2H2. The van der Waals surface area contributed by atoms with Gasteiger partial charge in [-0.2, -0.15) is 0 Å². The first-order valence-electron chi connectivity index (χ1n) is 4.28. The lowest BCUT2D eigenvalue weighted by Crippen LogP contribution is -2.11. The molecule has 6 nitrogen and oxygen atoms in total. The minimum Gasteiger partial charge on any atom is -0.480 e. The molecule has 0 aliphatic rings. The molecule has 0 fully saturated rings. The molecule has 0 aliphatic carbocycles. The van der Waals surface area contributed by atoms with Crippen LogP contribution in [-0.4, -0.2) is 60.9 Å². The number of hydrogen-bond donors (Lipinski definition) is 3. The highest BCUT2D eigenvalue weighted by Gasteiger charge is 1.94. The zero-order valence-electron chi connectivity index (χ0n) is 8.31. The Kier molecular flexibility index (Phi) is 16.7. The zero-order valence-corrected chi connectivity index (χ0v) is 8.31. The molecule has 0 atom stereocenters. The van der Waals surface area contributed by atoms with Crippen LogP contribution in [0.15, 0.2) is 0 Å². The first-order chi connectivity index (χ1) is 6.68. The maximum absolute atomic E-state index is 9.87. The molecule has 0 radical (unpaired) electrons. The van der Waals surface area contributed by atoms with Gasteiger partial charge in [-0.15, -0.1) is 0 Å². The molecular weight excluding hydrogens is 192 g/mol. The molecule has 0 heterocycles. The highest BCUT2D eigenvalue weighted by atomic mass is 16.5. The van der Waals surface area contributed by atoms with Crippen LogP contribution in [0.25, 0.3) is 0 Å². The largest absolute Gasteiger partial charge is 0.480 e. The minimum absolute atomic E-state index is 0.125. The molecule has 0 saturated heterocycles. The summed E-state index contributed by atoms with van der Waals surface area (Å²) in [6, 6.07) is 0. The Morgan fingerprint density at radius 3 is 2.00 bits per heavy atom. The van der Waals surface area contributed by atoms with Crippen molar-refractivity contribution in [2.24, 2.45) is 0 Å². The van der Waals surface area contributed by atoms with E-state index in [4.69, 9.17) is 20.1 Å². The van der Waals surface area contributed by atoms with Gasteiger partial charge in [0.05, 0.1) is 26.4 Å². The molecule has 3 N–H and O–H groups in total. The third kappa shape index (κ3) is 22.5. The lowest BCUT2D eigenvalue weighted by atomic mass is 10.7. The summed E-state index contributed by atoms with van der Waals surface area (Å²) in [6.07, 6.45) is 0. The van der Waals surface area contributed by atoms with Gasteiger partial charge in [0, 0.05) is 6.61 Å². The van der Waals surface area contributed by atoms with Crippen LogP contribution in [0.5, 0.6) is 0 Å². The van der Waals surface area contributed by atoms with Crippen LogP contribution in [0.1, 0.15) is 6.92 Å². The minimum atomic E-state index is -0.948. The van der Waals surface area contributed by atoms with Gasteiger partial charge in [0.2, 0.25) is 0 Å². The monoisotopic (exact) mass is 210 g/mol. The molecule has 0 bridgehead atoms. The van der Waals surface area contributed by atoms with E-state index in [0.717, 1.165) is 0 Å². The molecule has 86 valence electrons. The van der Waals surface area contributed by atoms with Crippen LogP contribution in [0.2, 0.25) is 0 Å². The van der Waals surface area contributed by atoms with Crippen LogP contribution in [0.3, 0.4) is 0 Å². The van der Waals surface area contributed by atoms with E-state index in [-0.39, 0.29) is 19.8 Å². The number of aliphatic hydroxyl groups is 2. The summed E-state index contributed by atoms with van der Waals surface area (Å²) < 4.78 is 9.57. The summed E-state index contributed by atoms with van der Waals surface area (Å²) in [5, 5.41) is 23.4. The fraction of sp³-hybridized carbons (Fsp3) is 0.875. The van der Waals surface area contributed by atoms with Gasteiger partial charge in [-0.25, -0.2) is 4.79 Å². The van der Waals surface area contributed by atoms with E-state index in [9.17, 15) is 4.79 Å². The fourth-order valence-electron chi connectivity index (χ4n) is 0.422. The van der Waals surface area contributed by atoms with E-state index in [1.807, 2.05) is 6.92 Å². The normalized spacial score (nSPS) is 9.07. The molecule has 0 aromatic carbocycles. The average Bonchev–Trinajstić information content (AvgIpc) is 2.18. The number of carboxylic acid groups (broad SMARTS) is 1. The van der Waals surface area contributed by atoms with Crippen molar-refractivity contribution in [3.63, 3.8) is 0 Å². The first kappa shape index (κ1) is 15.8. The molecule has 14 heavy (non-hydrogen) atoms. The van der Waals surface area contributed by atoms with Crippen molar-refractivity contribution in [2.75, 3.05) is 39.6 Å². The van der Waals surface area contributed by atoms with Gasteiger partial charge < -0.3 is 24.8 Å². The maximum Gasteiger partial charge on any atom is 0.329 e. The van der Waals surface area contributed by atoms with Gasteiger partial charge in [0.1, 0.15) is 6.61 Å². The Morgan fingerprint density at radius 2 is 1.64 bits per heavy atom. The smallest absolute Gasteiger partial charge is 0.329 e. The van der Waals surface area contributed by atoms with E-state index in [1.165, 1.54) is 0 Å². The lowest BCUT2D eigenvalue weighted by Gasteiger charge is -1.99. The average molecular weight is 210 g/mol. The Balaban J connectivity index is 0. The van der Waals surface area contributed by atoms with Crippen molar-refractivity contribution in [1.82, 2.24) is 0 Å². The Labute approximate surface area is 83.1 Å². The van der Waals surface area contributed by atoms with Crippen molar-refractivity contribution < 1.29 is 29.6 Å². The molecular formula is C8H18O6. The van der Waals surface area contributed by atoms with Crippen LogP contribution in [0, 0.1) is 0 Å². The lowest BCUT2D eigenvalue weighted by molar-refractivity contribution is -0.142. The maximum atomic E-state index is 9.87. The molecule has 0 spiro atoms. The summed E-state index contributed by atoms with van der Waals surface area (Å²) in [5.74, 6) is -0.948. The van der Waals surface area contributed by atoms with Crippen molar-refractivity contribution >= 4 is 5.97 Å². The Hall–Kier alpha value is -0.690. The van der Waals surface area contributed by atoms with Crippen molar-refractivity contribution in [2.45, 2.75) is 6.92 Å². The molecule has 0 aromatic heterocycles. The molecule has 6 heteroatoms. The van der Waals surface area contributed by atoms with Gasteiger partial charge in [-0.05, 0) is 6.92 Å². The number of ether oxygens (including phenoxy) is 2. The van der Waals surface area contributed by atoms with Gasteiger partial charge in [0.15, 0.2) is 0 Å². The van der Waals surface area contributed by atoms with E-state index in [1.54, 1.807) is 0 Å². The van der Waals surface area contributed by atoms with E-state index >= 15 is 0 Å². The Bertz CT molecular complexity index is 114. The summed E-state index contributed by atoms with van der Waals surface area (Å²) in [4.78, 5) is 9.87. The number of hydrogen-bond acceptors (Lipinski definition) is 5. The van der Waals surface area contributed by atoms with Gasteiger partial charge in [0.25, 0.3) is 0 Å². The highest BCUT2D eigenvalue weighted by molar-refractivity contribution is 5.67. The van der Waals surface area contributed by atoms with Crippen LogP contribution in [0.4, 0.5) is 0 Å². The third-order valence-electron chi connectivity index (χ3n) is 0.902. The van der Waals surface area contributed by atoms with Crippen molar-refractivity contribution in [3.05, 3.63) is 0 Å². The summed E-state index contributed by atoms with van der Waals surface area (Å²) in [7, 11) is 0. The number of carboxylic acids is 1. The first-order valence-corrected chi connectivity index (χ1v) is 4.28. The number of carbonyl (C=O) groups is 1.